The highest BCUT2D eigenvalue weighted by Crippen LogP contribution is 2.22. The predicted molar refractivity (Wildman–Crippen MR) is 77.9 cm³/mol. The van der Waals surface area contributed by atoms with E-state index in [-0.39, 0.29) is 12.1 Å². The summed E-state index contributed by atoms with van der Waals surface area (Å²) < 4.78 is 5.81. The zero-order valence-electron chi connectivity index (χ0n) is 12.2. The zero-order chi connectivity index (χ0) is 13.4. The molecule has 0 spiro atoms. The van der Waals surface area contributed by atoms with Gasteiger partial charge in [0.05, 0.1) is 12.1 Å². The van der Waals surface area contributed by atoms with Crippen LogP contribution in [0.4, 0.5) is 0 Å². The molecule has 102 valence electrons. The van der Waals surface area contributed by atoms with Crippen molar-refractivity contribution in [3.63, 3.8) is 0 Å². The Labute approximate surface area is 112 Å². The maximum atomic E-state index is 5.81. The lowest BCUT2D eigenvalue weighted by atomic mass is 9.97. The van der Waals surface area contributed by atoms with Gasteiger partial charge in [0, 0.05) is 6.61 Å². The van der Waals surface area contributed by atoms with E-state index in [0.717, 1.165) is 19.4 Å². The summed E-state index contributed by atoms with van der Waals surface area (Å²) in [5, 5.41) is 3.38. The van der Waals surface area contributed by atoms with Crippen molar-refractivity contribution in [2.24, 2.45) is 0 Å². The van der Waals surface area contributed by atoms with Crippen molar-refractivity contribution in [1.29, 1.82) is 0 Å². The molecule has 18 heavy (non-hydrogen) atoms. The first kappa shape index (κ1) is 15.2. The Morgan fingerprint density at radius 2 is 1.78 bits per heavy atom. The molecule has 0 bridgehead atoms. The van der Waals surface area contributed by atoms with Crippen LogP contribution in [0.25, 0.3) is 0 Å². The number of likely N-dealkylation sites (N-methyl/N-ethyl adjacent to an activating group) is 1. The summed E-state index contributed by atoms with van der Waals surface area (Å²) >= 11 is 0. The number of hydrogen-bond acceptors (Lipinski definition) is 2. The molecule has 0 aromatic heterocycles. The minimum Gasteiger partial charge on any atom is -0.377 e. The van der Waals surface area contributed by atoms with Crippen molar-refractivity contribution in [3.05, 3.63) is 35.4 Å². The SMILES string of the molecule is CCCc1ccc(C(NC)C(CC)OCC)cc1. The highest BCUT2D eigenvalue weighted by molar-refractivity contribution is 5.26. The molecular weight excluding hydrogens is 222 g/mol. The molecule has 0 saturated carbocycles. The van der Waals surface area contributed by atoms with Crippen LogP contribution in [-0.2, 0) is 11.2 Å². The van der Waals surface area contributed by atoms with Crippen molar-refractivity contribution in [2.45, 2.75) is 52.2 Å². The number of aryl methyl sites for hydroxylation is 1. The van der Waals surface area contributed by atoms with E-state index in [0.29, 0.717) is 0 Å². The first-order valence-corrected chi connectivity index (χ1v) is 7.14. The van der Waals surface area contributed by atoms with Gasteiger partial charge < -0.3 is 10.1 Å². The molecule has 1 aromatic rings. The van der Waals surface area contributed by atoms with E-state index >= 15 is 0 Å². The highest BCUT2D eigenvalue weighted by Gasteiger charge is 2.20. The topological polar surface area (TPSA) is 21.3 Å². The van der Waals surface area contributed by atoms with E-state index in [9.17, 15) is 0 Å². The lowest BCUT2D eigenvalue weighted by molar-refractivity contribution is 0.0334. The average Bonchev–Trinajstić information content (AvgIpc) is 2.40. The maximum absolute atomic E-state index is 5.81. The second-order valence-corrected chi connectivity index (χ2v) is 4.66. The summed E-state index contributed by atoms with van der Waals surface area (Å²) in [6.07, 6.45) is 3.63. The van der Waals surface area contributed by atoms with Gasteiger partial charge in [-0.05, 0) is 37.9 Å². The molecule has 0 aliphatic carbocycles. The summed E-state index contributed by atoms with van der Waals surface area (Å²) in [5.41, 5.74) is 2.73. The van der Waals surface area contributed by atoms with Crippen LogP contribution in [-0.4, -0.2) is 19.8 Å². The Bertz CT molecular complexity index is 320. The first-order chi connectivity index (χ1) is 8.76. The Morgan fingerprint density at radius 1 is 1.11 bits per heavy atom. The third kappa shape index (κ3) is 4.11. The minimum atomic E-state index is 0.247. The molecule has 2 heteroatoms. The molecule has 1 aromatic carbocycles. The molecule has 1 N–H and O–H groups in total. The van der Waals surface area contributed by atoms with Gasteiger partial charge in [-0.2, -0.15) is 0 Å². The van der Waals surface area contributed by atoms with E-state index in [2.05, 4.69) is 50.4 Å². The van der Waals surface area contributed by atoms with E-state index in [1.807, 2.05) is 7.05 Å². The molecule has 0 fully saturated rings. The van der Waals surface area contributed by atoms with Crippen LogP contribution in [0.5, 0.6) is 0 Å². The molecule has 0 radical (unpaired) electrons. The number of rotatable bonds is 8. The van der Waals surface area contributed by atoms with Gasteiger partial charge >= 0.3 is 0 Å². The van der Waals surface area contributed by atoms with Crippen LogP contribution < -0.4 is 5.32 Å². The molecule has 0 amide bonds. The van der Waals surface area contributed by atoms with E-state index in [1.165, 1.54) is 17.5 Å². The van der Waals surface area contributed by atoms with Gasteiger partial charge in [-0.25, -0.2) is 0 Å². The summed E-state index contributed by atoms with van der Waals surface area (Å²) in [6.45, 7) is 7.22. The Kier molecular flexibility index (Phi) is 6.99. The Balaban J connectivity index is 2.80. The second kappa shape index (κ2) is 8.28. The second-order valence-electron chi connectivity index (χ2n) is 4.66. The molecule has 0 saturated heterocycles. The maximum Gasteiger partial charge on any atom is 0.0766 e. The summed E-state index contributed by atoms with van der Waals surface area (Å²) in [5.74, 6) is 0. The fraction of sp³-hybridized carbons (Fsp3) is 0.625. The van der Waals surface area contributed by atoms with Crippen LogP contribution >= 0.6 is 0 Å². The average molecular weight is 249 g/mol. The molecule has 0 aliphatic rings. The van der Waals surface area contributed by atoms with Crippen molar-refractivity contribution in [2.75, 3.05) is 13.7 Å². The number of nitrogens with one attached hydrogen (secondary N) is 1. The van der Waals surface area contributed by atoms with E-state index in [4.69, 9.17) is 4.74 Å². The Morgan fingerprint density at radius 3 is 2.22 bits per heavy atom. The predicted octanol–water partition coefficient (Wildman–Crippen LogP) is 3.71. The first-order valence-electron chi connectivity index (χ1n) is 7.14. The fourth-order valence-corrected chi connectivity index (χ4v) is 2.41. The number of benzene rings is 1. The van der Waals surface area contributed by atoms with Gasteiger partial charge in [-0.1, -0.05) is 44.5 Å². The zero-order valence-corrected chi connectivity index (χ0v) is 12.2. The van der Waals surface area contributed by atoms with Crippen molar-refractivity contribution in [1.82, 2.24) is 5.32 Å². The largest absolute Gasteiger partial charge is 0.377 e. The molecule has 0 aliphatic heterocycles. The van der Waals surface area contributed by atoms with Crippen LogP contribution in [0, 0.1) is 0 Å². The van der Waals surface area contributed by atoms with Gasteiger partial charge in [0.1, 0.15) is 0 Å². The Hall–Kier alpha value is -0.860. The standard InChI is InChI=1S/C16H27NO/c1-5-8-13-9-11-14(12-10-13)16(17-4)15(6-2)18-7-3/h9-12,15-17H,5-8H2,1-4H3. The van der Waals surface area contributed by atoms with Crippen LogP contribution in [0.1, 0.15) is 50.8 Å². The van der Waals surface area contributed by atoms with Crippen LogP contribution in [0.2, 0.25) is 0 Å². The van der Waals surface area contributed by atoms with Crippen LogP contribution in [0.3, 0.4) is 0 Å². The number of hydrogen-bond donors (Lipinski definition) is 1. The third-order valence-electron chi connectivity index (χ3n) is 3.34. The summed E-state index contributed by atoms with van der Waals surface area (Å²) in [7, 11) is 2.01. The third-order valence-corrected chi connectivity index (χ3v) is 3.34. The molecule has 2 nitrogen and oxygen atoms in total. The lowest BCUT2D eigenvalue weighted by Crippen LogP contribution is -2.31. The monoisotopic (exact) mass is 249 g/mol. The normalized spacial score (nSPS) is 14.4. The minimum absolute atomic E-state index is 0.247. The van der Waals surface area contributed by atoms with Gasteiger partial charge in [0.25, 0.3) is 0 Å². The lowest BCUT2D eigenvalue weighted by Gasteiger charge is -2.26. The summed E-state index contributed by atoms with van der Waals surface area (Å²) in [6, 6.07) is 9.22. The van der Waals surface area contributed by atoms with Gasteiger partial charge in [0.15, 0.2) is 0 Å². The van der Waals surface area contributed by atoms with Crippen LogP contribution in [0.15, 0.2) is 24.3 Å². The molecule has 0 heterocycles. The summed E-state index contributed by atoms with van der Waals surface area (Å²) in [4.78, 5) is 0. The highest BCUT2D eigenvalue weighted by atomic mass is 16.5. The smallest absolute Gasteiger partial charge is 0.0766 e. The van der Waals surface area contributed by atoms with E-state index in [1.54, 1.807) is 0 Å². The van der Waals surface area contributed by atoms with Gasteiger partial charge in [-0.3, -0.25) is 0 Å². The van der Waals surface area contributed by atoms with Gasteiger partial charge in [0.2, 0.25) is 0 Å². The van der Waals surface area contributed by atoms with Crippen molar-refractivity contribution >= 4 is 0 Å². The fourth-order valence-electron chi connectivity index (χ4n) is 2.41. The molecule has 2 unspecified atom stereocenters. The molecule has 1 rings (SSSR count). The van der Waals surface area contributed by atoms with Gasteiger partial charge in [-0.15, -0.1) is 0 Å². The van der Waals surface area contributed by atoms with Crippen molar-refractivity contribution < 1.29 is 4.74 Å². The molecule has 2 atom stereocenters. The number of ether oxygens (including phenoxy) is 1. The quantitative estimate of drug-likeness (QED) is 0.758. The van der Waals surface area contributed by atoms with E-state index < -0.39 is 0 Å². The molecular formula is C16H27NO. The van der Waals surface area contributed by atoms with Crippen molar-refractivity contribution in [3.8, 4) is 0 Å².